The molecule has 1 aromatic carbocycles. The van der Waals surface area contributed by atoms with E-state index in [2.05, 4.69) is 15.5 Å². The number of carbonyl (C=O) groups is 1. The molecule has 3 aromatic rings. The number of benzene rings is 1. The number of rotatable bonds is 5. The van der Waals surface area contributed by atoms with E-state index in [1.165, 1.54) is 0 Å². The molecular weight excluding hydrogens is 416 g/mol. The highest BCUT2D eigenvalue weighted by atomic mass is 35.5. The molecule has 0 spiro atoms. The van der Waals surface area contributed by atoms with Gasteiger partial charge in [0, 0.05) is 54.7 Å². The van der Waals surface area contributed by atoms with Crippen LogP contribution in [0, 0.1) is 5.92 Å². The van der Waals surface area contributed by atoms with Crippen LogP contribution in [-0.2, 0) is 17.9 Å². The number of carbonyl (C=O) groups excluding carboxylic acids is 1. The number of piperidine rings is 1. The quantitative estimate of drug-likeness (QED) is 0.610. The lowest BCUT2D eigenvalue weighted by Crippen LogP contribution is -2.49. The van der Waals surface area contributed by atoms with Crippen LogP contribution in [0.3, 0.4) is 0 Å². The minimum absolute atomic E-state index is 0.0521. The zero-order chi connectivity index (χ0) is 21.4. The summed E-state index contributed by atoms with van der Waals surface area (Å²) in [5, 5.41) is 12.0. The fourth-order valence-electron chi connectivity index (χ4n) is 4.95. The van der Waals surface area contributed by atoms with Gasteiger partial charge in [-0.25, -0.2) is 4.68 Å². The Morgan fingerprint density at radius 3 is 2.74 bits per heavy atom. The van der Waals surface area contributed by atoms with Gasteiger partial charge in [0.1, 0.15) is 6.33 Å². The van der Waals surface area contributed by atoms with Crippen molar-refractivity contribution in [3.8, 4) is 0 Å². The second-order valence-corrected chi connectivity index (χ2v) is 8.92. The summed E-state index contributed by atoms with van der Waals surface area (Å²) in [5.41, 5.74) is 2.13. The second-order valence-electron chi connectivity index (χ2n) is 8.48. The molecule has 2 aliphatic rings. The number of hydrogen-bond acceptors (Lipinski definition) is 5. The summed E-state index contributed by atoms with van der Waals surface area (Å²) in [6.45, 7) is 2.53. The zero-order valence-corrected chi connectivity index (χ0v) is 17.7. The summed E-state index contributed by atoms with van der Waals surface area (Å²) < 4.78 is 3.54. The fraction of sp³-hybridized carbons (Fsp3) is 0.409. The zero-order valence-electron chi connectivity index (χ0n) is 17.0. The first kappa shape index (κ1) is 19.9. The molecule has 8 nitrogen and oxygen atoms in total. The molecule has 3 atom stereocenters. The minimum Gasteiger partial charge on any atom is -0.342 e. The van der Waals surface area contributed by atoms with Crippen molar-refractivity contribution in [1.29, 1.82) is 0 Å². The number of pyridine rings is 1. The molecule has 0 N–H and O–H groups in total. The van der Waals surface area contributed by atoms with E-state index >= 15 is 0 Å². The number of nitrogens with zero attached hydrogens (tertiary/aromatic N) is 6. The summed E-state index contributed by atoms with van der Waals surface area (Å²) in [6, 6.07) is 13.0. The summed E-state index contributed by atoms with van der Waals surface area (Å²) in [5.74, 6) is 0.571. The van der Waals surface area contributed by atoms with Crippen molar-refractivity contribution in [2.45, 2.75) is 37.8 Å². The highest BCUT2D eigenvalue weighted by Gasteiger charge is 2.36. The van der Waals surface area contributed by atoms with Crippen molar-refractivity contribution in [3.05, 3.63) is 75.4 Å². The van der Waals surface area contributed by atoms with Crippen LogP contribution in [-0.4, -0.2) is 48.7 Å². The molecule has 5 rings (SSSR count). The molecule has 4 heterocycles. The Bertz CT molecular complexity index is 1130. The van der Waals surface area contributed by atoms with E-state index in [4.69, 9.17) is 11.6 Å². The maximum Gasteiger partial charge on any atom is 0.250 e. The Morgan fingerprint density at radius 2 is 1.97 bits per heavy atom. The van der Waals surface area contributed by atoms with Crippen LogP contribution in [0.1, 0.15) is 35.9 Å². The van der Waals surface area contributed by atoms with E-state index in [1.54, 1.807) is 17.1 Å². The Kier molecular flexibility index (Phi) is 5.31. The van der Waals surface area contributed by atoms with Gasteiger partial charge in [-0.3, -0.25) is 9.59 Å². The summed E-state index contributed by atoms with van der Waals surface area (Å²) in [7, 11) is 0. The molecule has 9 heteroatoms. The molecule has 31 heavy (non-hydrogen) atoms. The summed E-state index contributed by atoms with van der Waals surface area (Å²) in [6.07, 6.45) is 2.95. The molecule has 2 aromatic heterocycles. The molecule has 1 fully saturated rings. The van der Waals surface area contributed by atoms with Gasteiger partial charge in [-0.05, 0) is 46.5 Å². The van der Waals surface area contributed by atoms with Gasteiger partial charge in [-0.1, -0.05) is 29.8 Å². The van der Waals surface area contributed by atoms with Gasteiger partial charge in [-0.2, -0.15) is 0 Å². The smallest absolute Gasteiger partial charge is 0.250 e. The predicted molar refractivity (Wildman–Crippen MR) is 115 cm³/mol. The van der Waals surface area contributed by atoms with Gasteiger partial charge < -0.3 is 9.47 Å². The molecule has 1 saturated heterocycles. The first-order valence-corrected chi connectivity index (χ1v) is 10.9. The number of halogens is 1. The highest BCUT2D eigenvalue weighted by molar-refractivity contribution is 6.30. The number of aromatic nitrogens is 5. The number of hydrogen-bond donors (Lipinski definition) is 0. The SMILES string of the molecule is O=C(C[C@H](Cn1cnnn1)c1ccc(Cl)cc1)N1C[C@@H]2C[C@H](C1)c1cccc(=O)n1C2. The van der Waals surface area contributed by atoms with Crippen molar-refractivity contribution in [1.82, 2.24) is 29.7 Å². The van der Waals surface area contributed by atoms with E-state index in [9.17, 15) is 9.59 Å². The van der Waals surface area contributed by atoms with Gasteiger partial charge >= 0.3 is 0 Å². The molecule has 1 amide bonds. The maximum absolute atomic E-state index is 13.4. The first-order valence-electron chi connectivity index (χ1n) is 10.5. The monoisotopic (exact) mass is 438 g/mol. The predicted octanol–water partition coefficient (Wildman–Crippen LogP) is 2.31. The Labute approximate surface area is 184 Å². The van der Waals surface area contributed by atoms with Crippen LogP contribution in [0.5, 0.6) is 0 Å². The fourth-order valence-corrected chi connectivity index (χ4v) is 5.08. The third-order valence-corrected chi connectivity index (χ3v) is 6.65. The average Bonchev–Trinajstić information content (AvgIpc) is 3.28. The minimum atomic E-state index is -0.0649. The molecule has 0 unspecified atom stereocenters. The molecule has 0 radical (unpaired) electrons. The van der Waals surface area contributed by atoms with Gasteiger partial charge in [0.2, 0.25) is 5.91 Å². The number of tetrazole rings is 1. The van der Waals surface area contributed by atoms with E-state index in [1.807, 2.05) is 45.9 Å². The largest absolute Gasteiger partial charge is 0.342 e. The van der Waals surface area contributed by atoms with E-state index in [0.29, 0.717) is 43.5 Å². The van der Waals surface area contributed by atoms with Crippen LogP contribution < -0.4 is 5.56 Å². The van der Waals surface area contributed by atoms with Crippen molar-refractivity contribution in [2.24, 2.45) is 5.92 Å². The molecule has 0 saturated carbocycles. The van der Waals surface area contributed by atoms with Crippen LogP contribution >= 0.6 is 11.6 Å². The van der Waals surface area contributed by atoms with Gasteiger partial charge in [0.05, 0.1) is 6.54 Å². The summed E-state index contributed by atoms with van der Waals surface area (Å²) in [4.78, 5) is 27.6. The Hall–Kier alpha value is -3.00. The summed E-state index contributed by atoms with van der Waals surface area (Å²) >= 11 is 6.06. The van der Waals surface area contributed by atoms with Gasteiger partial charge in [0.25, 0.3) is 5.56 Å². The lowest BCUT2D eigenvalue weighted by atomic mass is 9.82. The second kappa shape index (κ2) is 8.26. The molecule has 2 aliphatic heterocycles. The maximum atomic E-state index is 13.4. The van der Waals surface area contributed by atoms with E-state index in [-0.39, 0.29) is 23.3 Å². The molecule has 2 bridgehead atoms. The number of fused-ring (bicyclic) bond motifs is 4. The van der Waals surface area contributed by atoms with E-state index < -0.39 is 0 Å². The van der Waals surface area contributed by atoms with Crippen LogP contribution in [0.2, 0.25) is 5.02 Å². The lowest BCUT2D eigenvalue weighted by molar-refractivity contribution is -0.134. The van der Waals surface area contributed by atoms with Crippen LogP contribution in [0.25, 0.3) is 0 Å². The third-order valence-electron chi connectivity index (χ3n) is 6.39. The van der Waals surface area contributed by atoms with Crippen molar-refractivity contribution < 1.29 is 4.79 Å². The molecular formula is C22H23ClN6O2. The Balaban J connectivity index is 1.35. The van der Waals surface area contributed by atoms with Crippen molar-refractivity contribution in [2.75, 3.05) is 13.1 Å². The molecule has 0 aliphatic carbocycles. The highest BCUT2D eigenvalue weighted by Crippen LogP contribution is 2.36. The number of amides is 1. The topological polar surface area (TPSA) is 85.9 Å². The normalized spacial score (nSPS) is 20.9. The van der Waals surface area contributed by atoms with Crippen LogP contribution in [0.15, 0.2) is 53.6 Å². The van der Waals surface area contributed by atoms with Crippen molar-refractivity contribution >= 4 is 17.5 Å². The van der Waals surface area contributed by atoms with Gasteiger partial charge in [-0.15, -0.1) is 5.10 Å². The molecule has 160 valence electrons. The first-order chi connectivity index (χ1) is 15.1. The number of likely N-dealkylation sites (tertiary alicyclic amines) is 1. The average molecular weight is 439 g/mol. The van der Waals surface area contributed by atoms with E-state index in [0.717, 1.165) is 17.7 Å². The Morgan fingerprint density at radius 1 is 1.13 bits per heavy atom. The van der Waals surface area contributed by atoms with Crippen LogP contribution in [0.4, 0.5) is 0 Å². The lowest BCUT2D eigenvalue weighted by Gasteiger charge is -2.43. The standard InChI is InChI=1S/C22H23ClN6O2/c23-19-6-4-16(5-7-19)17(13-28-14-24-25-26-28)9-22(31)27-10-15-8-18(12-27)20-2-1-3-21(30)29(20)11-15/h1-7,14-15,17-18H,8-13H2/t15-,17+,18+/m0/s1. The third kappa shape index (κ3) is 4.12. The van der Waals surface area contributed by atoms with Gasteiger partial charge in [0.15, 0.2) is 0 Å². The van der Waals surface area contributed by atoms with Crippen molar-refractivity contribution in [3.63, 3.8) is 0 Å².